The molecule has 0 saturated carbocycles. The monoisotopic (exact) mass is 333 g/mol. The Morgan fingerprint density at radius 3 is 2.96 bits per heavy atom. The highest BCUT2D eigenvalue weighted by molar-refractivity contribution is 5.93. The lowest BCUT2D eigenvalue weighted by Crippen LogP contribution is -2.49. The lowest BCUT2D eigenvalue weighted by Gasteiger charge is -2.40. The number of rotatable bonds is 5. The number of ether oxygens (including phenoxy) is 1. The third kappa shape index (κ3) is 3.19. The number of methoxy groups -OCH3 is 1. The predicted octanol–water partition coefficient (Wildman–Crippen LogP) is 1.32. The number of carbonyl (C=O) groups excluding carboxylic acids is 1. The van der Waals surface area contributed by atoms with Gasteiger partial charge in [0.05, 0.1) is 17.2 Å². The highest BCUT2D eigenvalue weighted by Crippen LogP contribution is 2.36. The molecule has 1 saturated heterocycles. The summed E-state index contributed by atoms with van der Waals surface area (Å²) in [5, 5.41) is 8.23. The minimum absolute atomic E-state index is 0.00944. The summed E-state index contributed by atoms with van der Waals surface area (Å²) in [4.78, 5) is 19.1. The van der Waals surface area contributed by atoms with Crippen LogP contribution in [-0.2, 0) is 17.2 Å². The number of nitrogens with zero attached hydrogens (tertiary/aromatic N) is 5. The van der Waals surface area contributed by atoms with E-state index in [0.717, 1.165) is 25.8 Å². The minimum atomic E-state index is -0.329. The molecular weight excluding hydrogens is 310 g/mol. The number of piperidine rings is 1. The first-order valence-corrected chi connectivity index (χ1v) is 8.12. The molecule has 1 aliphatic heterocycles. The zero-order valence-corrected chi connectivity index (χ0v) is 14.4. The number of hydrogen-bond acceptors (Lipinski definition) is 6. The average Bonchev–Trinajstić information content (AvgIpc) is 3.21. The molecule has 24 heavy (non-hydrogen) atoms. The fourth-order valence-corrected chi connectivity index (χ4v) is 3.33. The van der Waals surface area contributed by atoms with E-state index in [-0.39, 0.29) is 11.3 Å². The van der Waals surface area contributed by atoms with Crippen molar-refractivity contribution in [2.75, 3.05) is 26.8 Å². The second-order valence-electron chi connectivity index (χ2n) is 6.39. The predicted molar refractivity (Wildman–Crippen MR) is 85.6 cm³/mol. The minimum Gasteiger partial charge on any atom is -0.385 e. The van der Waals surface area contributed by atoms with Crippen LogP contribution in [0.2, 0.25) is 0 Å². The van der Waals surface area contributed by atoms with Crippen LogP contribution in [0.15, 0.2) is 16.9 Å². The zero-order valence-electron chi connectivity index (χ0n) is 14.4. The second-order valence-corrected chi connectivity index (χ2v) is 6.39. The van der Waals surface area contributed by atoms with Crippen LogP contribution >= 0.6 is 0 Å². The Balaban J connectivity index is 1.85. The van der Waals surface area contributed by atoms with Crippen molar-refractivity contribution in [2.24, 2.45) is 7.05 Å². The Labute approximate surface area is 140 Å². The fraction of sp³-hybridized carbons (Fsp3) is 0.625. The van der Waals surface area contributed by atoms with Crippen LogP contribution in [0.3, 0.4) is 0 Å². The van der Waals surface area contributed by atoms with E-state index in [1.807, 2.05) is 4.90 Å². The van der Waals surface area contributed by atoms with Crippen molar-refractivity contribution in [3.63, 3.8) is 0 Å². The standard InChI is InChI=1S/C16H23N5O3/c1-12-18-15(19-24-12)16(6-8-23-3)5-4-7-21(11-16)14(22)13-9-17-20(2)10-13/h9-10H,4-8,11H2,1-3H3. The molecule has 1 fully saturated rings. The van der Waals surface area contributed by atoms with Gasteiger partial charge in [0.1, 0.15) is 0 Å². The molecule has 8 heteroatoms. The van der Waals surface area contributed by atoms with Crippen molar-refractivity contribution in [2.45, 2.75) is 31.6 Å². The molecule has 0 spiro atoms. The highest BCUT2D eigenvalue weighted by Gasteiger charge is 2.42. The van der Waals surface area contributed by atoms with Gasteiger partial charge in [0, 0.05) is 47.0 Å². The van der Waals surface area contributed by atoms with E-state index in [2.05, 4.69) is 15.2 Å². The summed E-state index contributed by atoms with van der Waals surface area (Å²) in [5.74, 6) is 1.20. The lowest BCUT2D eigenvalue weighted by atomic mass is 9.76. The number of aryl methyl sites for hydroxylation is 2. The maximum atomic E-state index is 12.8. The summed E-state index contributed by atoms with van der Waals surface area (Å²) in [6.45, 7) is 3.65. The molecule has 1 atom stereocenters. The SMILES string of the molecule is COCCC1(c2noc(C)n2)CCCN(C(=O)c2cnn(C)c2)C1. The quantitative estimate of drug-likeness (QED) is 0.820. The molecule has 1 aliphatic rings. The number of aromatic nitrogens is 4. The molecule has 130 valence electrons. The van der Waals surface area contributed by atoms with Crippen LogP contribution < -0.4 is 0 Å². The van der Waals surface area contributed by atoms with Crippen LogP contribution in [-0.4, -0.2) is 57.5 Å². The summed E-state index contributed by atoms with van der Waals surface area (Å²) in [5.41, 5.74) is 0.272. The van der Waals surface area contributed by atoms with Gasteiger partial charge < -0.3 is 14.2 Å². The van der Waals surface area contributed by atoms with Crippen molar-refractivity contribution in [1.29, 1.82) is 0 Å². The normalized spacial score (nSPS) is 21.2. The molecule has 3 rings (SSSR count). The number of likely N-dealkylation sites (tertiary alicyclic amines) is 1. The third-order valence-electron chi connectivity index (χ3n) is 4.60. The topological polar surface area (TPSA) is 86.3 Å². The molecule has 1 amide bonds. The first kappa shape index (κ1) is 16.6. The van der Waals surface area contributed by atoms with E-state index in [0.29, 0.717) is 30.4 Å². The molecule has 8 nitrogen and oxygen atoms in total. The molecule has 3 heterocycles. The first-order chi connectivity index (χ1) is 11.5. The summed E-state index contributed by atoms with van der Waals surface area (Å²) < 4.78 is 12.1. The van der Waals surface area contributed by atoms with Crippen LogP contribution in [0.5, 0.6) is 0 Å². The highest BCUT2D eigenvalue weighted by atomic mass is 16.5. The summed E-state index contributed by atoms with van der Waals surface area (Å²) in [7, 11) is 3.48. The molecule has 0 aromatic carbocycles. The van der Waals surface area contributed by atoms with Gasteiger partial charge in [-0.15, -0.1) is 0 Å². The second kappa shape index (κ2) is 6.72. The Bertz CT molecular complexity index is 710. The Kier molecular flexibility index (Phi) is 4.66. The molecular formula is C16H23N5O3. The largest absolute Gasteiger partial charge is 0.385 e. The molecule has 0 bridgehead atoms. The number of carbonyl (C=O) groups is 1. The average molecular weight is 333 g/mol. The molecule has 0 aliphatic carbocycles. The molecule has 2 aromatic heterocycles. The Hall–Kier alpha value is -2.22. The van der Waals surface area contributed by atoms with Gasteiger partial charge in [0.15, 0.2) is 5.82 Å². The molecule has 2 aromatic rings. The smallest absolute Gasteiger partial charge is 0.257 e. The Morgan fingerprint density at radius 1 is 1.50 bits per heavy atom. The van der Waals surface area contributed by atoms with Crippen molar-refractivity contribution < 1.29 is 14.1 Å². The summed E-state index contributed by atoms with van der Waals surface area (Å²) >= 11 is 0. The summed E-state index contributed by atoms with van der Waals surface area (Å²) in [6, 6.07) is 0. The van der Waals surface area contributed by atoms with Gasteiger partial charge in [0.2, 0.25) is 5.89 Å². The first-order valence-electron chi connectivity index (χ1n) is 8.12. The number of amides is 1. The van der Waals surface area contributed by atoms with Crippen LogP contribution in [0.25, 0.3) is 0 Å². The van der Waals surface area contributed by atoms with Gasteiger partial charge in [-0.05, 0) is 19.3 Å². The van der Waals surface area contributed by atoms with Crippen molar-refractivity contribution in [1.82, 2.24) is 24.8 Å². The van der Waals surface area contributed by atoms with Crippen LogP contribution in [0.1, 0.15) is 41.3 Å². The van der Waals surface area contributed by atoms with Gasteiger partial charge in [0.25, 0.3) is 5.91 Å². The maximum Gasteiger partial charge on any atom is 0.257 e. The van der Waals surface area contributed by atoms with Crippen LogP contribution in [0, 0.1) is 6.92 Å². The van der Waals surface area contributed by atoms with Gasteiger partial charge in [-0.2, -0.15) is 10.1 Å². The molecule has 1 unspecified atom stereocenters. The van der Waals surface area contributed by atoms with E-state index in [1.54, 1.807) is 38.2 Å². The van der Waals surface area contributed by atoms with Crippen molar-refractivity contribution >= 4 is 5.91 Å². The van der Waals surface area contributed by atoms with Gasteiger partial charge in [-0.25, -0.2) is 0 Å². The zero-order chi connectivity index (χ0) is 17.2. The molecule has 0 N–H and O–H groups in total. The number of hydrogen-bond donors (Lipinski definition) is 0. The Morgan fingerprint density at radius 2 is 2.33 bits per heavy atom. The maximum absolute atomic E-state index is 12.8. The van der Waals surface area contributed by atoms with Gasteiger partial charge in [-0.3, -0.25) is 9.48 Å². The van der Waals surface area contributed by atoms with E-state index in [4.69, 9.17) is 9.26 Å². The van der Waals surface area contributed by atoms with Crippen molar-refractivity contribution in [3.8, 4) is 0 Å². The van der Waals surface area contributed by atoms with E-state index >= 15 is 0 Å². The lowest BCUT2D eigenvalue weighted by molar-refractivity contribution is 0.0567. The van der Waals surface area contributed by atoms with Crippen LogP contribution in [0.4, 0.5) is 0 Å². The van der Waals surface area contributed by atoms with Gasteiger partial charge in [-0.1, -0.05) is 5.16 Å². The van der Waals surface area contributed by atoms with E-state index < -0.39 is 0 Å². The fourth-order valence-electron chi connectivity index (χ4n) is 3.33. The van der Waals surface area contributed by atoms with Crippen molar-refractivity contribution in [3.05, 3.63) is 29.7 Å². The van der Waals surface area contributed by atoms with E-state index in [1.165, 1.54) is 0 Å². The molecule has 0 radical (unpaired) electrons. The van der Waals surface area contributed by atoms with E-state index in [9.17, 15) is 4.79 Å². The van der Waals surface area contributed by atoms with Gasteiger partial charge >= 0.3 is 0 Å². The summed E-state index contributed by atoms with van der Waals surface area (Å²) in [6.07, 6.45) is 5.90. The third-order valence-corrected chi connectivity index (χ3v) is 4.60.